The fourth-order valence-corrected chi connectivity index (χ4v) is 15.4. The lowest BCUT2D eigenvalue weighted by molar-refractivity contribution is 0.522. The second-order valence-electron chi connectivity index (χ2n) is 19.6. The molecule has 0 aliphatic heterocycles. The van der Waals surface area contributed by atoms with Gasteiger partial charge in [-0.1, -0.05) is 204 Å². The van der Waals surface area contributed by atoms with Crippen molar-refractivity contribution in [3.05, 3.63) is 290 Å². The Balaban J connectivity index is 1.19. The quantitative estimate of drug-likeness (QED) is 0.166. The van der Waals surface area contributed by atoms with E-state index in [2.05, 4.69) is 257 Å². The molecule has 0 N–H and O–H groups in total. The number of rotatable bonds is 5. The number of fused-ring (bicyclic) bond motifs is 14. The summed E-state index contributed by atoms with van der Waals surface area (Å²) in [4.78, 5) is 7.77. The number of thiophene rings is 2. The van der Waals surface area contributed by atoms with Gasteiger partial charge in [0.15, 0.2) is 0 Å². The maximum Gasteiger partial charge on any atom is 0.0815 e. The van der Waals surface area contributed by atoms with Crippen LogP contribution in [0.1, 0.15) is 93.1 Å². The van der Waals surface area contributed by atoms with E-state index in [0.29, 0.717) is 0 Å². The Labute approximate surface area is 402 Å². The summed E-state index contributed by atoms with van der Waals surface area (Å²) < 4.78 is 0. The Morgan fingerprint density at radius 1 is 0.284 bits per heavy atom. The number of hydrogen-bond acceptors (Lipinski definition) is 3. The number of hydrogen-bond donors (Lipinski definition) is 0. The minimum Gasteiger partial charge on any atom is -0.310 e. The van der Waals surface area contributed by atoms with Crippen molar-refractivity contribution in [2.24, 2.45) is 0 Å². The molecule has 3 aliphatic rings. The van der Waals surface area contributed by atoms with Crippen LogP contribution in [-0.4, -0.2) is 0 Å². The summed E-state index contributed by atoms with van der Waals surface area (Å²) >= 11 is 4.01. The number of benzene rings is 8. The molecular formula is C64H49NS2. The maximum absolute atomic E-state index is 2.62. The molecule has 2 heterocycles. The zero-order valence-corrected chi connectivity index (χ0v) is 39.8. The van der Waals surface area contributed by atoms with Crippen molar-refractivity contribution < 1.29 is 0 Å². The van der Waals surface area contributed by atoms with Gasteiger partial charge < -0.3 is 4.90 Å². The second kappa shape index (κ2) is 14.7. The van der Waals surface area contributed by atoms with Gasteiger partial charge in [0.25, 0.3) is 0 Å². The molecule has 2 spiro atoms. The Kier molecular flexibility index (Phi) is 8.85. The number of anilines is 3. The summed E-state index contributed by atoms with van der Waals surface area (Å²) in [5.41, 5.74) is 18.1. The van der Waals surface area contributed by atoms with Crippen LogP contribution >= 0.6 is 22.7 Å². The van der Waals surface area contributed by atoms with Crippen molar-refractivity contribution in [1.82, 2.24) is 0 Å². The highest BCUT2D eigenvalue weighted by molar-refractivity contribution is 7.17. The van der Waals surface area contributed by atoms with Gasteiger partial charge in [0, 0.05) is 47.4 Å². The van der Waals surface area contributed by atoms with Crippen molar-refractivity contribution in [1.29, 1.82) is 0 Å². The molecule has 0 saturated carbocycles. The largest absolute Gasteiger partial charge is 0.310 e. The van der Waals surface area contributed by atoms with Crippen LogP contribution in [0.3, 0.4) is 0 Å². The summed E-state index contributed by atoms with van der Waals surface area (Å²) in [6.45, 7) is 9.72. The fourth-order valence-electron chi connectivity index (χ4n) is 12.5. The summed E-state index contributed by atoms with van der Waals surface area (Å²) in [6.07, 6.45) is 0. The Morgan fingerprint density at radius 3 is 1.00 bits per heavy atom. The third-order valence-electron chi connectivity index (χ3n) is 15.4. The Bertz CT molecular complexity index is 3250. The molecule has 0 radical (unpaired) electrons. The van der Waals surface area contributed by atoms with Crippen LogP contribution in [0.2, 0.25) is 0 Å². The predicted octanol–water partition coefficient (Wildman–Crippen LogP) is 17.0. The lowest BCUT2D eigenvalue weighted by Gasteiger charge is -2.55. The Morgan fingerprint density at radius 2 is 0.597 bits per heavy atom. The van der Waals surface area contributed by atoms with Gasteiger partial charge in [-0.2, -0.15) is 0 Å². The Hall–Kier alpha value is -7.04. The molecule has 0 amide bonds. The number of nitrogens with zero attached hydrogens (tertiary/aromatic N) is 1. The van der Waals surface area contributed by atoms with Crippen molar-refractivity contribution >= 4 is 39.7 Å². The van der Waals surface area contributed by atoms with E-state index in [1.807, 2.05) is 22.7 Å². The van der Waals surface area contributed by atoms with Gasteiger partial charge >= 0.3 is 0 Å². The first-order valence-corrected chi connectivity index (χ1v) is 25.1. The molecule has 0 saturated heterocycles. The van der Waals surface area contributed by atoms with Gasteiger partial charge in [-0.25, -0.2) is 0 Å². The highest BCUT2D eigenvalue weighted by Crippen LogP contribution is 2.70. The molecule has 0 atom stereocenters. The van der Waals surface area contributed by atoms with E-state index in [-0.39, 0.29) is 10.8 Å². The average Bonchev–Trinajstić information content (AvgIpc) is 4.04. The van der Waals surface area contributed by atoms with Gasteiger partial charge in [0.05, 0.1) is 10.8 Å². The van der Waals surface area contributed by atoms with E-state index < -0.39 is 10.8 Å². The maximum atomic E-state index is 2.62. The molecule has 13 rings (SSSR count). The van der Waals surface area contributed by atoms with Gasteiger partial charge in [0.2, 0.25) is 0 Å². The van der Waals surface area contributed by atoms with Crippen LogP contribution < -0.4 is 4.90 Å². The molecule has 0 unspecified atom stereocenters. The molecule has 10 aromatic rings. The van der Waals surface area contributed by atoms with Crippen molar-refractivity contribution in [2.45, 2.75) is 49.4 Å². The smallest absolute Gasteiger partial charge is 0.0815 e. The minimum atomic E-state index is -0.598. The third kappa shape index (κ3) is 5.47. The van der Waals surface area contributed by atoms with Crippen molar-refractivity contribution in [3.63, 3.8) is 0 Å². The molecule has 0 fully saturated rings. The van der Waals surface area contributed by atoms with E-state index in [0.717, 1.165) is 17.1 Å². The lowest BCUT2D eigenvalue weighted by atomic mass is 9.48. The fraction of sp³-hybridized carbons (Fsp3) is 0.125. The molecule has 2 aromatic heterocycles. The summed E-state index contributed by atoms with van der Waals surface area (Å²) in [5, 5.41) is 0. The number of para-hydroxylation sites is 2. The molecule has 322 valence electrons. The van der Waals surface area contributed by atoms with E-state index in [1.165, 1.54) is 86.3 Å². The molecule has 3 aliphatic carbocycles. The van der Waals surface area contributed by atoms with E-state index >= 15 is 0 Å². The van der Waals surface area contributed by atoms with Crippen LogP contribution in [0, 0.1) is 0 Å². The molecule has 0 bridgehead atoms. The van der Waals surface area contributed by atoms with E-state index in [4.69, 9.17) is 0 Å². The minimum absolute atomic E-state index is 0.215. The topological polar surface area (TPSA) is 3.24 Å². The van der Waals surface area contributed by atoms with Crippen LogP contribution in [-0.2, 0) is 21.7 Å². The molecule has 8 aromatic carbocycles. The third-order valence-corrected chi connectivity index (χ3v) is 18.1. The molecule has 1 nitrogen and oxygen atoms in total. The van der Waals surface area contributed by atoms with Gasteiger partial charge in [0.1, 0.15) is 0 Å². The summed E-state index contributed by atoms with van der Waals surface area (Å²) in [7, 11) is 0. The second-order valence-corrected chi connectivity index (χ2v) is 21.7. The van der Waals surface area contributed by atoms with Crippen molar-refractivity contribution in [2.75, 3.05) is 4.90 Å². The zero-order chi connectivity index (χ0) is 45.1. The van der Waals surface area contributed by atoms with E-state index in [1.54, 1.807) is 0 Å². The lowest BCUT2D eigenvalue weighted by Crippen LogP contribution is -2.50. The SMILES string of the molecule is CC1(C)c2ccccc2C2(c3ccccc31)c1cc(-c3cccc(N(c4ccccc4)c4ccccc4)c3)sc1C1(c3ccccc3C(C)(C)c3ccccc31)c1cc(-c3ccccc3)sc12. The van der Waals surface area contributed by atoms with Gasteiger partial charge in [-0.3, -0.25) is 0 Å². The molecule has 67 heavy (non-hydrogen) atoms. The summed E-state index contributed by atoms with van der Waals surface area (Å²) in [5.74, 6) is 0. The first-order valence-electron chi connectivity index (χ1n) is 23.5. The normalized spacial score (nSPS) is 15.9. The molecular weight excluding hydrogens is 847 g/mol. The van der Waals surface area contributed by atoms with Gasteiger partial charge in [-0.15, -0.1) is 22.7 Å². The van der Waals surface area contributed by atoms with Crippen LogP contribution in [0.25, 0.3) is 20.9 Å². The first kappa shape index (κ1) is 40.3. The monoisotopic (exact) mass is 895 g/mol. The molecule has 3 heteroatoms. The van der Waals surface area contributed by atoms with Crippen molar-refractivity contribution in [3.8, 4) is 20.9 Å². The summed E-state index contributed by atoms with van der Waals surface area (Å²) in [6, 6.07) is 84.8. The van der Waals surface area contributed by atoms with Crippen LogP contribution in [0.4, 0.5) is 17.1 Å². The van der Waals surface area contributed by atoms with E-state index in [9.17, 15) is 0 Å². The average molecular weight is 896 g/mol. The highest BCUT2D eigenvalue weighted by atomic mass is 32.1. The predicted molar refractivity (Wildman–Crippen MR) is 282 cm³/mol. The first-order chi connectivity index (χ1) is 32.7. The van der Waals surface area contributed by atoms with Crippen LogP contribution in [0.5, 0.6) is 0 Å². The highest BCUT2D eigenvalue weighted by Gasteiger charge is 2.62. The van der Waals surface area contributed by atoms with Gasteiger partial charge in [-0.05, 0) is 115 Å². The zero-order valence-electron chi connectivity index (χ0n) is 38.1. The van der Waals surface area contributed by atoms with Crippen LogP contribution in [0.15, 0.2) is 224 Å². The standard InChI is InChI=1S/C64H49NS2/c1-61(2)47-31-14-18-35-51(47)63(52-36-19-15-32-48(52)61)55-40-57(42-23-8-5-9-24-42)66-59(55)64(53-37-20-16-33-49(53)62(3,4)50-34-17-21-38-54(50)64)56-41-58(67-60(56)63)43-25-22-30-46(39-43)65(44-26-10-6-11-27-44)45-28-12-7-13-29-45/h5-41H,1-4H3.